The van der Waals surface area contributed by atoms with Gasteiger partial charge in [-0.05, 0) is 31.0 Å². The average molecular weight is 372 g/mol. The molecule has 0 spiro atoms. The Morgan fingerprint density at radius 2 is 1.65 bits per heavy atom. The number of aromatic nitrogens is 2. The van der Waals surface area contributed by atoms with Crippen molar-refractivity contribution in [3.8, 4) is 0 Å². The lowest BCUT2D eigenvalue weighted by Gasteiger charge is -2.36. The summed E-state index contributed by atoms with van der Waals surface area (Å²) < 4.78 is 0. The van der Waals surface area contributed by atoms with Crippen LogP contribution in [-0.2, 0) is 0 Å². The molecule has 1 aromatic heterocycles. The van der Waals surface area contributed by atoms with Gasteiger partial charge in [-0.15, -0.1) is 0 Å². The van der Waals surface area contributed by atoms with E-state index in [9.17, 15) is 4.79 Å². The Morgan fingerprint density at radius 3 is 2.38 bits per heavy atom. The molecule has 0 bridgehead atoms. The molecule has 7 heteroatoms. The van der Waals surface area contributed by atoms with Gasteiger partial charge in [-0.25, -0.2) is 9.97 Å². The summed E-state index contributed by atoms with van der Waals surface area (Å²) in [6.07, 6.45) is 3.66. The first-order valence-corrected chi connectivity index (χ1v) is 9.45. The maximum atomic E-state index is 12.5. The Balaban J connectivity index is 1.43. The molecule has 26 heavy (non-hydrogen) atoms. The topological polar surface area (TPSA) is 52.6 Å². The Morgan fingerprint density at radius 1 is 0.923 bits per heavy atom. The van der Waals surface area contributed by atoms with E-state index < -0.39 is 0 Å². The van der Waals surface area contributed by atoms with Crippen LogP contribution < -0.4 is 9.80 Å². The number of carbonyl (C=O) groups excluding carboxylic acids is 1. The molecule has 1 amide bonds. The van der Waals surface area contributed by atoms with E-state index in [0.717, 1.165) is 68.6 Å². The maximum Gasteiger partial charge on any atom is 0.272 e. The highest BCUT2D eigenvalue weighted by atomic mass is 35.5. The molecule has 0 unspecified atom stereocenters. The molecule has 0 N–H and O–H groups in total. The van der Waals surface area contributed by atoms with Crippen molar-refractivity contribution in [3.63, 3.8) is 0 Å². The van der Waals surface area contributed by atoms with Crippen molar-refractivity contribution in [1.82, 2.24) is 14.9 Å². The molecule has 0 saturated carbocycles. The molecule has 0 radical (unpaired) electrons. The highest BCUT2D eigenvalue weighted by Crippen LogP contribution is 2.22. The zero-order valence-corrected chi connectivity index (χ0v) is 15.4. The van der Waals surface area contributed by atoms with Gasteiger partial charge in [-0.3, -0.25) is 4.79 Å². The van der Waals surface area contributed by atoms with Crippen molar-refractivity contribution in [1.29, 1.82) is 0 Å². The number of hydrogen-bond acceptors (Lipinski definition) is 5. The van der Waals surface area contributed by atoms with E-state index in [1.807, 2.05) is 29.2 Å². The largest absolute Gasteiger partial charge is 0.368 e. The van der Waals surface area contributed by atoms with Gasteiger partial charge in [0.25, 0.3) is 5.91 Å². The number of hydrogen-bond donors (Lipinski definition) is 0. The predicted octanol–water partition coefficient (Wildman–Crippen LogP) is 2.69. The first kappa shape index (κ1) is 17.1. The summed E-state index contributed by atoms with van der Waals surface area (Å²) >= 11 is 6.10. The molecule has 1 aromatic carbocycles. The third-order valence-corrected chi connectivity index (χ3v) is 5.28. The van der Waals surface area contributed by atoms with Crippen molar-refractivity contribution in [2.45, 2.75) is 12.8 Å². The van der Waals surface area contributed by atoms with Crippen LogP contribution in [0.4, 0.5) is 11.5 Å². The number of halogens is 1. The number of nitrogens with zero attached hydrogens (tertiary/aromatic N) is 5. The summed E-state index contributed by atoms with van der Waals surface area (Å²) in [5.41, 5.74) is 1.64. The van der Waals surface area contributed by atoms with Crippen LogP contribution in [0.1, 0.15) is 23.3 Å². The number of benzene rings is 1. The number of anilines is 2. The minimum absolute atomic E-state index is 0.0173. The quantitative estimate of drug-likeness (QED) is 0.830. The monoisotopic (exact) mass is 371 g/mol. The van der Waals surface area contributed by atoms with Crippen molar-refractivity contribution in [2.75, 3.05) is 49.1 Å². The van der Waals surface area contributed by atoms with Gasteiger partial charge >= 0.3 is 0 Å². The normalized spacial score (nSPS) is 17.7. The fraction of sp³-hybridized carbons (Fsp3) is 0.421. The first-order valence-electron chi connectivity index (χ1n) is 9.07. The average Bonchev–Trinajstić information content (AvgIpc) is 3.22. The summed E-state index contributed by atoms with van der Waals surface area (Å²) in [7, 11) is 0. The molecular formula is C19H22ClN5O. The number of piperazine rings is 1. The SMILES string of the molecule is O=C(c1cc(N2CCN(c3cccc(Cl)c3)CC2)ncn1)N1CCCC1. The predicted molar refractivity (Wildman–Crippen MR) is 103 cm³/mol. The number of carbonyl (C=O) groups is 1. The van der Waals surface area contributed by atoms with E-state index in [-0.39, 0.29) is 5.91 Å². The summed E-state index contributed by atoms with van der Waals surface area (Å²) in [6, 6.07) is 9.77. The van der Waals surface area contributed by atoms with Crippen molar-refractivity contribution >= 4 is 29.0 Å². The van der Waals surface area contributed by atoms with Crippen LogP contribution in [0.25, 0.3) is 0 Å². The zero-order valence-electron chi connectivity index (χ0n) is 14.6. The zero-order chi connectivity index (χ0) is 17.9. The standard InChI is InChI=1S/C19H22ClN5O/c20-15-4-3-5-16(12-15)23-8-10-24(11-9-23)18-13-17(21-14-22-18)19(26)25-6-1-2-7-25/h3-5,12-14H,1-2,6-11H2. The fourth-order valence-corrected chi connectivity index (χ4v) is 3.77. The molecule has 4 rings (SSSR count). The molecule has 136 valence electrons. The molecule has 2 fully saturated rings. The Hall–Kier alpha value is -2.34. The second-order valence-corrected chi connectivity index (χ2v) is 7.15. The lowest BCUT2D eigenvalue weighted by molar-refractivity contribution is 0.0787. The molecular weight excluding hydrogens is 350 g/mol. The van der Waals surface area contributed by atoms with Crippen LogP contribution in [0.3, 0.4) is 0 Å². The van der Waals surface area contributed by atoms with E-state index in [4.69, 9.17) is 11.6 Å². The van der Waals surface area contributed by atoms with E-state index >= 15 is 0 Å². The third kappa shape index (κ3) is 3.60. The van der Waals surface area contributed by atoms with E-state index in [1.165, 1.54) is 6.33 Å². The van der Waals surface area contributed by atoms with Crippen LogP contribution in [0.15, 0.2) is 36.7 Å². The van der Waals surface area contributed by atoms with Gasteiger partial charge in [0, 0.05) is 56.0 Å². The highest BCUT2D eigenvalue weighted by Gasteiger charge is 2.23. The Bertz CT molecular complexity index is 785. The minimum Gasteiger partial charge on any atom is -0.368 e. The third-order valence-electron chi connectivity index (χ3n) is 5.04. The molecule has 2 aromatic rings. The van der Waals surface area contributed by atoms with Gasteiger partial charge in [0.15, 0.2) is 0 Å². The molecule has 0 aliphatic carbocycles. The van der Waals surface area contributed by atoms with Crippen LogP contribution in [0.2, 0.25) is 5.02 Å². The van der Waals surface area contributed by atoms with Gasteiger partial charge in [0.2, 0.25) is 0 Å². The molecule has 0 atom stereocenters. The van der Waals surface area contributed by atoms with E-state index in [2.05, 4.69) is 25.8 Å². The number of likely N-dealkylation sites (tertiary alicyclic amines) is 1. The summed E-state index contributed by atoms with van der Waals surface area (Å²) in [5, 5.41) is 0.755. The Kier molecular flexibility index (Phi) is 4.93. The molecule has 3 heterocycles. The molecule has 2 saturated heterocycles. The summed E-state index contributed by atoms with van der Waals surface area (Å²) in [5.74, 6) is 0.844. The minimum atomic E-state index is 0.0173. The number of rotatable bonds is 3. The van der Waals surface area contributed by atoms with Crippen LogP contribution in [-0.4, -0.2) is 60.0 Å². The molecule has 6 nitrogen and oxygen atoms in total. The van der Waals surface area contributed by atoms with E-state index in [0.29, 0.717) is 5.69 Å². The first-order chi connectivity index (χ1) is 12.7. The Labute approximate surface area is 158 Å². The van der Waals surface area contributed by atoms with Crippen LogP contribution >= 0.6 is 11.6 Å². The summed E-state index contributed by atoms with van der Waals surface area (Å²) in [6.45, 7) is 5.13. The fourth-order valence-electron chi connectivity index (χ4n) is 3.59. The lowest BCUT2D eigenvalue weighted by Crippen LogP contribution is -2.47. The van der Waals surface area contributed by atoms with Crippen LogP contribution in [0.5, 0.6) is 0 Å². The van der Waals surface area contributed by atoms with E-state index in [1.54, 1.807) is 0 Å². The molecule has 2 aliphatic heterocycles. The second kappa shape index (κ2) is 7.50. The van der Waals surface area contributed by atoms with Gasteiger partial charge < -0.3 is 14.7 Å². The van der Waals surface area contributed by atoms with Crippen LogP contribution in [0, 0.1) is 0 Å². The maximum absolute atomic E-state index is 12.5. The van der Waals surface area contributed by atoms with Crippen molar-refractivity contribution in [2.24, 2.45) is 0 Å². The summed E-state index contributed by atoms with van der Waals surface area (Å²) in [4.78, 5) is 27.5. The number of amides is 1. The van der Waals surface area contributed by atoms with Gasteiger partial charge in [-0.1, -0.05) is 17.7 Å². The smallest absolute Gasteiger partial charge is 0.272 e. The highest BCUT2D eigenvalue weighted by molar-refractivity contribution is 6.30. The van der Waals surface area contributed by atoms with Gasteiger partial charge in [0.05, 0.1) is 0 Å². The van der Waals surface area contributed by atoms with Crippen molar-refractivity contribution in [3.05, 3.63) is 47.4 Å². The lowest BCUT2D eigenvalue weighted by atomic mass is 10.2. The van der Waals surface area contributed by atoms with Gasteiger partial charge in [0.1, 0.15) is 17.8 Å². The molecule has 2 aliphatic rings. The second-order valence-electron chi connectivity index (χ2n) is 6.71. The van der Waals surface area contributed by atoms with Crippen molar-refractivity contribution < 1.29 is 4.79 Å². The van der Waals surface area contributed by atoms with Gasteiger partial charge in [-0.2, -0.15) is 0 Å².